The number of aromatic amines is 1. The molecule has 0 radical (unpaired) electrons. The zero-order chi connectivity index (χ0) is 24.4. The lowest BCUT2D eigenvalue weighted by atomic mass is 10.1. The van der Waals surface area contributed by atoms with Gasteiger partial charge >= 0.3 is 0 Å². The number of Topliss-reactive ketones (excluding diaryl/α,β-unsaturated/α-hetero) is 1. The van der Waals surface area contributed by atoms with Crippen LogP contribution in [-0.2, 0) is 0 Å². The number of nitrogens with zero attached hydrogens (tertiary/aromatic N) is 4. The van der Waals surface area contributed by atoms with Crippen LogP contribution in [0.5, 0.6) is 5.75 Å². The third-order valence-electron chi connectivity index (χ3n) is 6.81. The van der Waals surface area contributed by atoms with Gasteiger partial charge in [-0.2, -0.15) is 0 Å². The van der Waals surface area contributed by atoms with E-state index in [1.165, 1.54) is 31.0 Å². The number of piperidine rings is 1. The van der Waals surface area contributed by atoms with Crippen LogP contribution in [0.2, 0.25) is 0 Å². The van der Waals surface area contributed by atoms with Crippen LogP contribution in [0.15, 0.2) is 59.9 Å². The number of thioether (sulfide) groups is 1. The quantitative estimate of drug-likeness (QED) is 0.254. The van der Waals surface area contributed by atoms with E-state index >= 15 is 0 Å². The minimum Gasteiger partial charge on any atom is -0.497 e. The normalized spacial score (nSPS) is 16.3. The van der Waals surface area contributed by atoms with E-state index in [1.807, 2.05) is 61.7 Å². The van der Waals surface area contributed by atoms with Crippen LogP contribution < -0.4 is 4.74 Å². The average molecular weight is 490 g/mol. The molecular weight excluding hydrogens is 458 g/mol. The number of ether oxygens (including phenoxy) is 1. The molecule has 0 amide bonds. The van der Waals surface area contributed by atoms with E-state index in [-0.39, 0.29) is 17.1 Å². The molecule has 2 atom stereocenters. The maximum absolute atomic E-state index is 13.4. The van der Waals surface area contributed by atoms with Crippen molar-refractivity contribution >= 4 is 28.4 Å². The van der Waals surface area contributed by atoms with Gasteiger partial charge in [0.15, 0.2) is 16.8 Å². The number of benzene rings is 2. The van der Waals surface area contributed by atoms with Crippen molar-refractivity contribution < 1.29 is 9.53 Å². The van der Waals surface area contributed by atoms with Gasteiger partial charge in [-0.15, -0.1) is 10.2 Å². The van der Waals surface area contributed by atoms with Gasteiger partial charge in [0, 0.05) is 28.4 Å². The highest BCUT2D eigenvalue weighted by Crippen LogP contribution is 2.33. The lowest BCUT2D eigenvalue weighted by Crippen LogP contribution is -2.33. The molecule has 2 aromatic carbocycles. The van der Waals surface area contributed by atoms with Gasteiger partial charge in [0.25, 0.3) is 0 Å². The molecule has 1 saturated heterocycles. The SMILES string of the molecule is COc1ccc(-n2c(SC(C)C(=O)c3c[nH]c4ccccc34)nnc2C(C)N2CCCCC2)cc1. The van der Waals surface area contributed by atoms with E-state index in [9.17, 15) is 4.79 Å². The van der Waals surface area contributed by atoms with Gasteiger partial charge in [0.1, 0.15) is 5.75 Å². The van der Waals surface area contributed by atoms with Crippen LogP contribution in [0, 0.1) is 0 Å². The number of carbonyl (C=O) groups is 1. The molecule has 8 heteroatoms. The van der Waals surface area contributed by atoms with Gasteiger partial charge in [-0.05, 0) is 70.1 Å². The molecule has 2 aromatic heterocycles. The first kappa shape index (κ1) is 23.6. The molecule has 5 rings (SSSR count). The Labute approximate surface area is 209 Å². The summed E-state index contributed by atoms with van der Waals surface area (Å²) in [7, 11) is 1.66. The maximum Gasteiger partial charge on any atom is 0.196 e. The van der Waals surface area contributed by atoms with E-state index < -0.39 is 0 Å². The Balaban J connectivity index is 1.47. The second-order valence-corrected chi connectivity index (χ2v) is 10.3. The molecule has 1 fully saturated rings. The second kappa shape index (κ2) is 10.3. The number of hydrogen-bond donors (Lipinski definition) is 1. The number of rotatable bonds is 8. The Kier molecular flexibility index (Phi) is 6.92. The number of fused-ring (bicyclic) bond motifs is 1. The van der Waals surface area contributed by atoms with E-state index in [1.54, 1.807) is 7.11 Å². The van der Waals surface area contributed by atoms with Crippen molar-refractivity contribution in [1.82, 2.24) is 24.6 Å². The fourth-order valence-electron chi connectivity index (χ4n) is 4.78. The summed E-state index contributed by atoms with van der Waals surface area (Å²) in [5, 5.41) is 10.5. The molecule has 0 bridgehead atoms. The number of methoxy groups -OCH3 is 1. The van der Waals surface area contributed by atoms with Crippen LogP contribution >= 0.6 is 11.8 Å². The molecule has 0 aliphatic carbocycles. The smallest absolute Gasteiger partial charge is 0.196 e. The Morgan fingerprint density at radius 3 is 2.51 bits per heavy atom. The Bertz CT molecular complexity index is 1310. The Morgan fingerprint density at radius 2 is 1.77 bits per heavy atom. The predicted octanol–water partition coefficient (Wildman–Crippen LogP) is 5.67. The zero-order valence-corrected chi connectivity index (χ0v) is 21.2. The summed E-state index contributed by atoms with van der Waals surface area (Å²) in [5.41, 5.74) is 2.63. The second-order valence-electron chi connectivity index (χ2n) is 9.02. The molecule has 7 nitrogen and oxygen atoms in total. The monoisotopic (exact) mass is 489 g/mol. The molecule has 2 unspecified atom stereocenters. The zero-order valence-electron chi connectivity index (χ0n) is 20.4. The van der Waals surface area contributed by atoms with Gasteiger partial charge < -0.3 is 9.72 Å². The van der Waals surface area contributed by atoms with Crippen LogP contribution in [0.4, 0.5) is 0 Å². The summed E-state index contributed by atoms with van der Waals surface area (Å²) >= 11 is 1.45. The number of carbonyl (C=O) groups excluding carboxylic acids is 1. The first-order valence-electron chi connectivity index (χ1n) is 12.2. The molecule has 0 spiro atoms. The number of nitrogens with one attached hydrogen (secondary N) is 1. The largest absolute Gasteiger partial charge is 0.497 e. The van der Waals surface area contributed by atoms with Gasteiger partial charge in [-0.25, -0.2) is 0 Å². The van der Waals surface area contributed by atoms with Crippen molar-refractivity contribution in [3.05, 3.63) is 66.1 Å². The number of hydrogen-bond acceptors (Lipinski definition) is 6. The molecule has 3 heterocycles. The van der Waals surface area contributed by atoms with Gasteiger partial charge in [-0.1, -0.05) is 36.4 Å². The van der Waals surface area contributed by atoms with Crippen molar-refractivity contribution in [2.75, 3.05) is 20.2 Å². The van der Waals surface area contributed by atoms with E-state index in [0.717, 1.165) is 46.4 Å². The minimum atomic E-state index is -0.325. The van der Waals surface area contributed by atoms with E-state index in [4.69, 9.17) is 4.74 Å². The third-order valence-corrected chi connectivity index (χ3v) is 7.85. The molecule has 1 N–H and O–H groups in total. The van der Waals surface area contributed by atoms with Crippen molar-refractivity contribution in [3.8, 4) is 11.4 Å². The molecular formula is C27H31N5O2S. The van der Waals surface area contributed by atoms with Crippen LogP contribution in [0.25, 0.3) is 16.6 Å². The molecule has 182 valence electrons. The van der Waals surface area contributed by atoms with E-state index in [0.29, 0.717) is 5.56 Å². The van der Waals surface area contributed by atoms with Crippen molar-refractivity contribution in [2.45, 2.75) is 49.6 Å². The number of H-pyrrole nitrogens is 1. The van der Waals surface area contributed by atoms with Gasteiger partial charge in [0.05, 0.1) is 18.4 Å². The molecule has 1 aliphatic rings. The number of ketones is 1. The summed E-state index contributed by atoms with van der Waals surface area (Å²) in [5.74, 6) is 1.76. The number of para-hydroxylation sites is 1. The summed E-state index contributed by atoms with van der Waals surface area (Å²) in [4.78, 5) is 19.1. The number of likely N-dealkylation sites (tertiary alicyclic amines) is 1. The van der Waals surface area contributed by atoms with Crippen molar-refractivity contribution in [2.24, 2.45) is 0 Å². The van der Waals surface area contributed by atoms with Crippen molar-refractivity contribution in [3.63, 3.8) is 0 Å². The van der Waals surface area contributed by atoms with Gasteiger partial charge in [-0.3, -0.25) is 14.3 Å². The molecule has 0 saturated carbocycles. The summed E-state index contributed by atoms with van der Waals surface area (Å²) in [6, 6.07) is 15.9. The summed E-state index contributed by atoms with van der Waals surface area (Å²) < 4.78 is 7.46. The van der Waals surface area contributed by atoms with Crippen LogP contribution in [0.3, 0.4) is 0 Å². The minimum absolute atomic E-state index is 0.0716. The molecule has 4 aromatic rings. The Morgan fingerprint density at radius 1 is 1.03 bits per heavy atom. The summed E-state index contributed by atoms with van der Waals surface area (Å²) in [6.45, 7) is 6.27. The third kappa shape index (κ3) is 4.73. The first-order chi connectivity index (χ1) is 17.1. The van der Waals surface area contributed by atoms with Crippen LogP contribution in [-0.4, -0.2) is 55.9 Å². The average Bonchev–Trinajstić information content (AvgIpc) is 3.53. The number of aromatic nitrogens is 4. The lowest BCUT2D eigenvalue weighted by Gasteiger charge is -2.32. The lowest BCUT2D eigenvalue weighted by molar-refractivity contribution is 0.0995. The van der Waals surface area contributed by atoms with Crippen molar-refractivity contribution in [1.29, 1.82) is 0 Å². The molecule has 35 heavy (non-hydrogen) atoms. The highest BCUT2D eigenvalue weighted by Gasteiger charge is 2.28. The maximum atomic E-state index is 13.4. The van der Waals surface area contributed by atoms with Gasteiger partial charge in [0.2, 0.25) is 0 Å². The standard InChI is InChI=1S/C27H31N5O2S/c1-18(31-15-7-4-8-16-31)26-29-30-27(32(26)20-11-13-21(34-3)14-12-20)35-19(2)25(33)23-17-28-24-10-6-5-9-22(23)24/h5-6,9-14,17-19,28H,4,7-8,15-16H2,1-3H3. The molecule has 1 aliphatic heterocycles. The highest BCUT2D eigenvalue weighted by molar-refractivity contribution is 8.00. The topological polar surface area (TPSA) is 76.0 Å². The first-order valence-corrected chi connectivity index (χ1v) is 13.1. The fourth-order valence-corrected chi connectivity index (χ4v) is 5.72. The van der Waals surface area contributed by atoms with Crippen LogP contribution in [0.1, 0.15) is 55.3 Å². The summed E-state index contributed by atoms with van der Waals surface area (Å²) in [6.07, 6.45) is 5.50. The highest BCUT2D eigenvalue weighted by atomic mass is 32.2. The van der Waals surface area contributed by atoms with E-state index in [2.05, 4.69) is 31.6 Å². The fraction of sp³-hybridized carbons (Fsp3) is 0.370. The predicted molar refractivity (Wildman–Crippen MR) is 140 cm³/mol. The Hall–Kier alpha value is -3.10.